The fourth-order valence-corrected chi connectivity index (χ4v) is 1.48. The van der Waals surface area contributed by atoms with Gasteiger partial charge in [-0.1, -0.05) is 23.2 Å². The number of rotatable bonds is 1. The Morgan fingerprint density at radius 3 is 2.09 bits per heavy atom. The summed E-state index contributed by atoms with van der Waals surface area (Å²) in [5, 5.41) is 0.957. The van der Waals surface area contributed by atoms with E-state index in [4.69, 9.17) is 23.2 Å². The van der Waals surface area contributed by atoms with Crippen molar-refractivity contribution >= 4 is 23.2 Å². The molecule has 1 aromatic rings. The Kier molecular flexibility index (Phi) is 1.78. The first kappa shape index (κ1) is 7.38. The van der Waals surface area contributed by atoms with Gasteiger partial charge in [-0.25, -0.2) is 4.98 Å². The van der Waals surface area contributed by atoms with Crippen molar-refractivity contribution in [2.45, 2.75) is 12.8 Å². The molecule has 0 N–H and O–H groups in total. The van der Waals surface area contributed by atoms with Crippen LogP contribution in [0.2, 0.25) is 10.3 Å². The lowest BCUT2D eigenvalue weighted by Crippen LogP contribution is -1.83. The molecule has 0 aliphatic heterocycles. The van der Waals surface area contributed by atoms with E-state index in [9.17, 15) is 0 Å². The highest BCUT2D eigenvalue weighted by molar-refractivity contribution is 6.32. The van der Waals surface area contributed by atoms with Gasteiger partial charge in [-0.05, 0) is 30.5 Å². The van der Waals surface area contributed by atoms with E-state index in [-0.39, 0.29) is 0 Å². The summed E-state index contributed by atoms with van der Waals surface area (Å²) in [7, 11) is 0. The largest absolute Gasteiger partial charge is 0.224 e. The minimum Gasteiger partial charge on any atom is -0.224 e. The molecule has 1 heterocycles. The second kappa shape index (κ2) is 2.65. The van der Waals surface area contributed by atoms with Crippen molar-refractivity contribution in [1.29, 1.82) is 0 Å². The van der Waals surface area contributed by atoms with Gasteiger partial charge in [-0.3, -0.25) is 0 Å². The Balaban J connectivity index is 2.39. The lowest BCUT2D eigenvalue weighted by molar-refractivity contribution is 1.28. The summed E-state index contributed by atoms with van der Waals surface area (Å²) >= 11 is 11.4. The zero-order valence-electron chi connectivity index (χ0n) is 5.77. The van der Waals surface area contributed by atoms with E-state index in [0.29, 0.717) is 10.3 Å². The fourth-order valence-electron chi connectivity index (χ4n) is 1.02. The minimum absolute atomic E-state index is 0.479. The van der Waals surface area contributed by atoms with Crippen LogP contribution in [0.1, 0.15) is 18.4 Å². The third-order valence-corrected chi connectivity index (χ3v) is 2.06. The summed E-state index contributed by atoms with van der Waals surface area (Å²) < 4.78 is 0. The van der Waals surface area contributed by atoms with Crippen molar-refractivity contribution in [3.05, 3.63) is 33.9 Å². The van der Waals surface area contributed by atoms with Crippen LogP contribution in [0.5, 0.6) is 0 Å². The normalized spacial score (nSPS) is 16.9. The van der Waals surface area contributed by atoms with Crippen molar-refractivity contribution in [2.24, 2.45) is 0 Å². The first-order chi connectivity index (χ1) is 5.25. The topological polar surface area (TPSA) is 12.9 Å². The van der Waals surface area contributed by atoms with Crippen molar-refractivity contribution in [3.8, 4) is 0 Å². The predicted molar refractivity (Wildman–Crippen MR) is 45.8 cm³/mol. The minimum atomic E-state index is 0.479. The molecule has 57 valence electrons. The number of pyridine rings is 1. The van der Waals surface area contributed by atoms with Crippen LogP contribution in [0.15, 0.2) is 12.1 Å². The fraction of sp³-hybridized carbons (Fsp3) is 0.250. The molecule has 0 aromatic carbocycles. The van der Waals surface area contributed by atoms with Gasteiger partial charge in [0.2, 0.25) is 0 Å². The van der Waals surface area contributed by atoms with Crippen LogP contribution in [0.25, 0.3) is 0 Å². The Hall–Kier alpha value is -0.270. The summed E-state index contributed by atoms with van der Waals surface area (Å²) in [6.45, 7) is 0. The van der Waals surface area contributed by atoms with Gasteiger partial charge in [0, 0.05) is 5.92 Å². The number of nitrogens with zero attached hydrogens (tertiary/aromatic N) is 1. The lowest BCUT2D eigenvalue weighted by atomic mass is 10.2. The van der Waals surface area contributed by atoms with Crippen molar-refractivity contribution < 1.29 is 0 Å². The van der Waals surface area contributed by atoms with Gasteiger partial charge in [-0.2, -0.15) is 0 Å². The van der Waals surface area contributed by atoms with Crippen LogP contribution in [-0.4, -0.2) is 4.98 Å². The molecule has 0 unspecified atom stereocenters. The van der Waals surface area contributed by atoms with Crippen LogP contribution < -0.4 is 0 Å². The van der Waals surface area contributed by atoms with E-state index in [1.54, 1.807) is 0 Å². The van der Waals surface area contributed by atoms with E-state index >= 15 is 0 Å². The first-order valence-electron chi connectivity index (χ1n) is 3.44. The van der Waals surface area contributed by atoms with Gasteiger partial charge in [0.15, 0.2) is 0 Å². The highest BCUT2D eigenvalue weighted by atomic mass is 35.5. The molecule has 1 radical (unpaired) electrons. The van der Waals surface area contributed by atoms with E-state index in [2.05, 4.69) is 4.98 Å². The van der Waals surface area contributed by atoms with Crippen LogP contribution in [-0.2, 0) is 0 Å². The molecule has 1 fully saturated rings. The SMILES string of the molecule is Clc1cc([C]2CC2)cc(Cl)n1. The summed E-state index contributed by atoms with van der Waals surface area (Å²) in [5.41, 5.74) is 1.15. The van der Waals surface area contributed by atoms with E-state index in [1.165, 1.54) is 18.8 Å². The molecule has 1 aliphatic rings. The first-order valence-corrected chi connectivity index (χ1v) is 4.19. The van der Waals surface area contributed by atoms with Crippen LogP contribution in [0.4, 0.5) is 0 Å². The molecule has 0 amide bonds. The Labute approximate surface area is 75.3 Å². The summed E-state index contributed by atoms with van der Waals surface area (Å²) in [6, 6.07) is 3.71. The monoisotopic (exact) mass is 186 g/mol. The number of hydrogen-bond acceptors (Lipinski definition) is 1. The molecule has 1 aromatic heterocycles. The van der Waals surface area contributed by atoms with Gasteiger partial charge in [0.25, 0.3) is 0 Å². The molecule has 0 atom stereocenters. The highest BCUT2D eigenvalue weighted by Gasteiger charge is 2.24. The summed E-state index contributed by atoms with van der Waals surface area (Å²) in [4.78, 5) is 3.86. The highest BCUT2D eigenvalue weighted by Crippen LogP contribution is 2.39. The zero-order valence-corrected chi connectivity index (χ0v) is 7.28. The molecular formula is C8H6Cl2N. The maximum atomic E-state index is 5.71. The van der Waals surface area contributed by atoms with Gasteiger partial charge in [0.05, 0.1) is 0 Å². The average molecular weight is 187 g/mol. The third kappa shape index (κ3) is 1.66. The van der Waals surface area contributed by atoms with E-state index in [0.717, 1.165) is 5.56 Å². The molecule has 3 heteroatoms. The Morgan fingerprint density at radius 2 is 1.64 bits per heavy atom. The molecule has 2 rings (SSSR count). The van der Waals surface area contributed by atoms with Crippen LogP contribution in [0.3, 0.4) is 0 Å². The van der Waals surface area contributed by atoms with Gasteiger partial charge >= 0.3 is 0 Å². The van der Waals surface area contributed by atoms with Crippen molar-refractivity contribution in [1.82, 2.24) is 4.98 Å². The number of halogens is 2. The molecular weight excluding hydrogens is 181 g/mol. The number of aromatic nitrogens is 1. The summed E-state index contributed by atoms with van der Waals surface area (Å²) in [6.07, 6.45) is 2.35. The lowest BCUT2D eigenvalue weighted by Gasteiger charge is -1.97. The molecule has 1 saturated carbocycles. The van der Waals surface area contributed by atoms with E-state index < -0.39 is 0 Å². The average Bonchev–Trinajstić information content (AvgIpc) is 2.64. The predicted octanol–water partition coefficient (Wildman–Crippen LogP) is 3.10. The third-order valence-electron chi connectivity index (χ3n) is 1.67. The smallest absolute Gasteiger partial charge is 0.131 e. The van der Waals surface area contributed by atoms with E-state index in [1.807, 2.05) is 12.1 Å². The van der Waals surface area contributed by atoms with Gasteiger partial charge in [-0.15, -0.1) is 0 Å². The molecule has 11 heavy (non-hydrogen) atoms. The molecule has 1 aliphatic carbocycles. The zero-order chi connectivity index (χ0) is 7.84. The van der Waals surface area contributed by atoms with Crippen molar-refractivity contribution in [3.63, 3.8) is 0 Å². The van der Waals surface area contributed by atoms with Gasteiger partial charge < -0.3 is 0 Å². The Morgan fingerprint density at radius 1 is 1.09 bits per heavy atom. The van der Waals surface area contributed by atoms with Gasteiger partial charge in [0.1, 0.15) is 10.3 Å². The molecule has 1 nitrogen and oxygen atoms in total. The molecule has 0 bridgehead atoms. The second-order valence-electron chi connectivity index (χ2n) is 2.60. The second-order valence-corrected chi connectivity index (χ2v) is 3.38. The standard InChI is InChI=1S/C8H6Cl2N/c9-7-3-6(5-1-2-5)4-8(10)11-7/h3-4H,1-2H2. The molecule has 0 saturated heterocycles. The maximum Gasteiger partial charge on any atom is 0.131 e. The van der Waals surface area contributed by atoms with Crippen LogP contribution >= 0.6 is 23.2 Å². The maximum absolute atomic E-state index is 5.71. The molecule has 0 spiro atoms. The van der Waals surface area contributed by atoms with Crippen molar-refractivity contribution in [2.75, 3.05) is 0 Å². The summed E-state index contributed by atoms with van der Waals surface area (Å²) in [5.74, 6) is 1.43. The van der Waals surface area contributed by atoms with Crippen LogP contribution in [0, 0.1) is 5.92 Å². The number of hydrogen-bond donors (Lipinski definition) is 0. The Bertz CT molecular complexity index is 261. The quantitative estimate of drug-likeness (QED) is 0.615.